The Labute approximate surface area is 155 Å². The Hall–Kier alpha value is -1.26. The third-order valence-electron chi connectivity index (χ3n) is 5.62. The second kappa shape index (κ2) is 6.48. The van der Waals surface area contributed by atoms with Gasteiger partial charge in [0, 0.05) is 30.6 Å². The van der Waals surface area contributed by atoms with Crippen LogP contribution in [0.25, 0.3) is 0 Å². The van der Waals surface area contributed by atoms with E-state index < -0.39 is 5.60 Å². The molecule has 1 aromatic carbocycles. The standard InChI is InChI=1S/C20H28ClNO3/c1-13-6-7-14(10-17(13)21)20-8-9-22(18(23)25-19(2,3)4)11-15(20)16(20)12-24-5/h6-7,10,15-16H,8-9,11-12H2,1-5H3/t15-,16?,20+/m0/s1. The van der Waals surface area contributed by atoms with Crippen molar-refractivity contribution < 1.29 is 14.3 Å². The summed E-state index contributed by atoms with van der Waals surface area (Å²) in [6, 6.07) is 6.38. The molecular formula is C20H28ClNO3. The number of benzene rings is 1. The van der Waals surface area contributed by atoms with Crippen molar-refractivity contribution >= 4 is 17.7 Å². The third-order valence-corrected chi connectivity index (χ3v) is 6.03. The van der Waals surface area contributed by atoms with Crippen LogP contribution in [0.5, 0.6) is 0 Å². The van der Waals surface area contributed by atoms with Gasteiger partial charge >= 0.3 is 6.09 Å². The molecule has 1 aromatic rings. The number of piperidine rings is 1. The molecule has 5 heteroatoms. The SMILES string of the molecule is COCC1[C@@H]2CN(C(=O)OC(C)(C)C)CC[C@]12c1ccc(C)c(Cl)c1. The highest BCUT2D eigenvalue weighted by molar-refractivity contribution is 6.31. The number of likely N-dealkylation sites (tertiary alicyclic amines) is 1. The highest BCUT2D eigenvalue weighted by Crippen LogP contribution is 2.64. The molecule has 0 N–H and O–H groups in total. The van der Waals surface area contributed by atoms with Gasteiger partial charge < -0.3 is 14.4 Å². The number of aryl methyl sites for hydroxylation is 1. The number of hydrogen-bond donors (Lipinski definition) is 0. The molecule has 0 spiro atoms. The molecule has 0 bridgehead atoms. The molecule has 4 nitrogen and oxygen atoms in total. The zero-order valence-corrected chi connectivity index (χ0v) is 16.5. The number of ether oxygens (including phenoxy) is 2. The summed E-state index contributed by atoms with van der Waals surface area (Å²) in [4.78, 5) is 14.3. The van der Waals surface area contributed by atoms with Crippen molar-refractivity contribution in [2.45, 2.75) is 45.1 Å². The first-order valence-electron chi connectivity index (χ1n) is 8.92. The van der Waals surface area contributed by atoms with Gasteiger partial charge in [0.2, 0.25) is 0 Å². The molecule has 3 atom stereocenters. The van der Waals surface area contributed by atoms with Crippen LogP contribution in [0.2, 0.25) is 5.02 Å². The molecule has 0 radical (unpaired) electrons. The van der Waals surface area contributed by atoms with Gasteiger partial charge in [-0.25, -0.2) is 4.79 Å². The maximum atomic E-state index is 12.4. The van der Waals surface area contributed by atoms with Crippen molar-refractivity contribution in [2.75, 3.05) is 26.8 Å². The number of nitrogens with zero attached hydrogens (tertiary/aromatic N) is 1. The average molecular weight is 366 g/mol. The number of fused-ring (bicyclic) bond motifs is 1. The van der Waals surface area contributed by atoms with Crippen LogP contribution in [0.1, 0.15) is 38.3 Å². The average Bonchev–Trinajstić information content (AvgIpc) is 3.17. The van der Waals surface area contributed by atoms with Crippen LogP contribution in [0.3, 0.4) is 0 Å². The Bertz CT molecular complexity index is 669. The summed E-state index contributed by atoms with van der Waals surface area (Å²) in [5.41, 5.74) is 1.98. The summed E-state index contributed by atoms with van der Waals surface area (Å²) in [6.07, 6.45) is 0.704. The molecule has 1 aliphatic heterocycles. The number of carbonyl (C=O) groups is 1. The Morgan fingerprint density at radius 3 is 2.72 bits per heavy atom. The van der Waals surface area contributed by atoms with Gasteiger partial charge in [0.15, 0.2) is 0 Å². The lowest BCUT2D eigenvalue weighted by Gasteiger charge is -2.33. The van der Waals surface area contributed by atoms with E-state index >= 15 is 0 Å². The molecule has 2 fully saturated rings. The van der Waals surface area contributed by atoms with Crippen molar-refractivity contribution in [1.29, 1.82) is 0 Å². The van der Waals surface area contributed by atoms with E-state index in [9.17, 15) is 4.79 Å². The van der Waals surface area contributed by atoms with E-state index in [-0.39, 0.29) is 11.5 Å². The quantitative estimate of drug-likeness (QED) is 0.795. The summed E-state index contributed by atoms with van der Waals surface area (Å²) < 4.78 is 11.0. The minimum absolute atomic E-state index is 0.0753. The molecule has 1 unspecified atom stereocenters. The van der Waals surface area contributed by atoms with E-state index in [2.05, 4.69) is 18.2 Å². The smallest absolute Gasteiger partial charge is 0.410 e. The minimum atomic E-state index is -0.467. The van der Waals surface area contributed by atoms with Gasteiger partial charge in [-0.3, -0.25) is 0 Å². The Balaban J connectivity index is 1.80. The zero-order valence-electron chi connectivity index (χ0n) is 15.8. The summed E-state index contributed by atoms with van der Waals surface area (Å²) in [5.74, 6) is 0.816. The highest BCUT2D eigenvalue weighted by Gasteiger charge is 2.67. The van der Waals surface area contributed by atoms with Crippen LogP contribution in [0.4, 0.5) is 4.79 Å². The molecule has 2 aliphatic rings. The molecule has 1 heterocycles. The molecule has 3 rings (SSSR count). The van der Waals surface area contributed by atoms with E-state index in [1.807, 2.05) is 32.6 Å². The van der Waals surface area contributed by atoms with Crippen molar-refractivity contribution in [2.24, 2.45) is 11.8 Å². The summed E-state index contributed by atoms with van der Waals surface area (Å²) in [7, 11) is 1.74. The fourth-order valence-electron chi connectivity index (χ4n) is 4.31. The van der Waals surface area contributed by atoms with Crippen molar-refractivity contribution in [1.82, 2.24) is 4.90 Å². The Morgan fingerprint density at radius 2 is 2.12 bits per heavy atom. The number of methoxy groups -OCH3 is 1. The van der Waals surface area contributed by atoms with E-state index in [0.29, 0.717) is 31.5 Å². The van der Waals surface area contributed by atoms with E-state index in [4.69, 9.17) is 21.1 Å². The lowest BCUT2D eigenvalue weighted by molar-refractivity contribution is 0.0198. The van der Waals surface area contributed by atoms with Gasteiger partial charge in [-0.2, -0.15) is 0 Å². The zero-order chi connectivity index (χ0) is 18.4. The lowest BCUT2D eigenvalue weighted by atomic mass is 9.85. The number of rotatable bonds is 3. The number of hydrogen-bond acceptors (Lipinski definition) is 3. The number of carbonyl (C=O) groups excluding carboxylic acids is 1. The molecule has 138 valence electrons. The predicted molar refractivity (Wildman–Crippen MR) is 99.1 cm³/mol. The monoisotopic (exact) mass is 365 g/mol. The van der Waals surface area contributed by atoms with E-state index in [1.54, 1.807) is 7.11 Å². The van der Waals surface area contributed by atoms with Crippen LogP contribution in [0.15, 0.2) is 18.2 Å². The van der Waals surface area contributed by atoms with Crippen LogP contribution >= 0.6 is 11.6 Å². The van der Waals surface area contributed by atoms with Crippen molar-refractivity contribution in [3.8, 4) is 0 Å². The second-order valence-electron chi connectivity index (χ2n) is 8.35. The van der Waals surface area contributed by atoms with Gasteiger partial charge in [0.05, 0.1) is 6.61 Å². The first-order chi connectivity index (χ1) is 11.7. The Morgan fingerprint density at radius 1 is 1.40 bits per heavy atom. The van der Waals surface area contributed by atoms with Gasteiger partial charge in [-0.1, -0.05) is 23.7 Å². The van der Waals surface area contributed by atoms with E-state index in [1.165, 1.54) is 5.56 Å². The number of amides is 1. The fourth-order valence-corrected chi connectivity index (χ4v) is 4.49. The van der Waals surface area contributed by atoms with Crippen molar-refractivity contribution in [3.63, 3.8) is 0 Å². The molecule has 1 aliphatic carbocycles. The van der Waals surface area contributed by atoms with Crippen LogP contribution in [-0.4, -0.2) is 43.4 Å². The number of halogens is 1. The minimum Gasteiger partial charge on any atom is -0.444 e. The molecule has 1 saturated carbocycles. The molecule has 1 saturated heterocycles. The summed E-state index contributed by atoms with van der Waals surface area (Å²) >= 11 is 6.37. The van der Waals surface area contributed by atoms with Crippen LogP contribution in [0, 0.1) is 18.8 Å². The molecule has 25 heavy (non-hydrogen) atoms. The lowest BCUT2D eigenvalue weighted by Crippen LogP contribution is -2.43. The molecular weight excluding hydrogens is 338 g/mol. The van der Waals surface area contributed by atoms with Gasteiger partial charge in [0.25, 0.3) is 0 Å². The normalized spacial score (nSPS) is 28.5. The first-order valence-corrected chi connectivity index (χ1v) is 9.30. The maximum absolute atomic E-state index is 12.4. The largest absolute Gasteiger partial charge is 0.444 e. The van der Waals surface area contributed by atoms with Gasteiger partial charge in [-0.05, 0) is 63.1 Å². The van der Waals surface area contributed by atoms with Crippen LogP contribution < -0.4 is 0 Å². The highest BCUT2D eigenvalue weighted by atomic mass is 35.5. The van der Waals surface area contributed by atoms with E-state index in [0.717, 1.165) is 17.0 Å². The van der Waals surface area contributed by atoms with Crippen molar-refractivity contribution in [3.05, 3.63) is 34.3 Å². The second-order valence-corrected chi connectivity index (χ2v) is 8.76. The summed E-state index contributed by atoms with van der Waals surface area (Å²) in [6.45, 7) is 9.85. The topological polar surface area (TPSA) is 38.8 Å². The van der Waals surface area contributed by atoms with Gasteiger partial charge in [0.1, 0.15) is 5.60 Å². The third kappa shape index (κ3) is 3.39. The summed E-state index contributed by atoms with van der Waals surface area (Å²) in [5, 5.41) is 0.809. The Kier molecular flexibility index (Phi) is 4.80. The predicted octanol–water partition coefficient (Wildman–Crippen LogP) is 4.42. The first kappa shape index (κ1) is 18.5. The molecule has 1 amide bonds. The maximum Gasteiger partial charge on any atom is 0.410 e. The van der Waals surface area contributed by atoms with Gasteiger partial charge in [-0.15, -0.1) is 0 Å². The van der Waals surface area contributed by atoms with Crippen LogP contribution in [-0.2, 0) is 14.9 Å². The molecule has 0 aromatic heterocycles. The fraction of sp³-hybridized carbons (Fsp3) is 0.650.